The van der Waals surface area contributed by atoms with Gasteiger partial charge in [0.05, 0.1) is 17.7 Å². The van der Waals surface area contributed by atoms with Crippen LogP contribution in [-0.4, -0.2) is 42.7 Å². The number of fused-ring (bicyclic) bond motifs is 1. The average molecular weight is 606 g/mol. The van der Waals surface area contributed by atoms with E-state index < -0.39 is 22.2 Å². The Morgan fingerprint density at radius 1 is 0.976 bits per heavy atom. The third-order valence-corrected chi connectivity index (χ3v) is 7.71. The first-order valence-corrected chi connectivity index (χ1v) is 13.8. The fourth-order valence-electron chi connectivity index (χ4n) is 3.72. The number of ether oxygens (including phenoxy) is 1. The van der Waals surface area contributed by atoms with E-state index in [0.717, 1.165) is 22.1 Å². The van der Waals surface area contributed by atoms with E-state index >= 15 is 0 Å². The predicted molar refractivity (Wildman–Crippen MR) is 146 cm³/mol. The summed E-state index contributed by atoms with van der Waals surface area (Å²) in [6.07, 6.45) is -1.92. The molecule has 0 saturated carbocycles. The highest BCUT2D eigenvalue weighted by Gasteiger charge is 2.38. The second-order valence-electron chi connectivity index (χ2n) is 8.21. The van der Waals surface area contributed by atoms with Crippen LogP contribution in [0.4, 0.5) is 22.7 Å². The number of aliphatic carboxylic acids is 1. The lowest BCUT2D eigenvalue weighted by Gasteiger charge is -2.13. The number of pyridine rings is 1. The molecule has 0 atom stereocenters. The quantitative estimate of drug-likeness (QED) is 0.209. The number of benzene rings is 3. The van der Waals surface area contributed by atoms with Gasteiger partial charge >= 0.3 is 12.1 Å². The van der Waals surface area contributed by atoms with Crippen LogP contribution in [-0.2, 0) is 14.8 Å². The van der Waals surface area contributed by atoms with Crippen molar-refractivity contribution in [2.24, 2.45) is 0 Å². The van der Waals surface area contributed by atoms with E-state index in [4.69, 9.17) is 14.6 Å². The highest BCUT2D eigenvalue weighted by molar-refractivity contribution is 7.93. The normalized spacial score (nSPS) is 11.4. The molecule has 0 aliphatic carbocycles. The second kappa shape index (κ2) is 11.9. The molecule has 0 aliphatic heterocycles. The van der Waals surface area contributed by atoms with Crippen molar-refractivity contribution in [1.82, 2.24) is 9.97 Å². The third kappa shape index (κ3) is 6.96. The highest BCUT2D eigenvalue weighted by Crippen LogP contribution is 2.37. The van der Waals surface area contributed by atoms with Crippen LogP contribution >= 0.6 is 11.3 Å². The lowest BCUT2D eigenvalue weighted by Crippen LogP contribution is -2.21. The minimum atomic E-state index is -5.08. The number of halogens is 4. The topological polar surface area (TPSA) is 118 Å². The first-order valence-electron chi connectivity index (χ1n) is 11.4. The van der Waals surface area contributed by atoms with Gasteiger partial charge in [-0.25, -0.2) is 22.6 Å². The van der Waals surface area contributed by atoms with E-state index in [1.54, 1.807) is 43.0 Å². The number of alkyl halides is 3. The first kappa shape index (κ1) is 29.4. The van der Waals surface area contributed by atoms with Crippen LogP contribution in [0.5, 0.6) is 5.75 Å². The number of methoxy groups -OCH3 is 1. The van der Waals surface area contributed by atoms with Crippen molar-refractivity contribution in [3.8, 4) is 28.1 Å². The Morgan fingerprint density at radius 2 is 1.71 bits per heavy atom. The molecule has 0 spiro atoms. The molecule has 2 N–H and O–H groups in total. The molecule has 0 bridgehead atoms. The Labute approximate surface area is 235 Å². The second-order valence-corrected chi connectivity index (χ2v) is 10.8. The summed E-state index contributed by atoms with van der Waals surface area (Å²) in [5.74, 6) is -2.50. The van der Waals surface area contributed by atoms with Gasteiger partial charge in [0.1, 0.15) is 11.6 Å². The van der Waals surface area contributed by atoms with Gasteiger partial charge in [-0.1, -0.05) is 24.3 Å². The fourth-order valence-corrected chi connectivity index (χ4v) is 5.54. The van der Waals surface area contributed by atoms with Gasteiger partial charge in [-0.05, 0) is 59.0 Å². The first-order chi connectivity index (χ1) is 19.4. The average Bonchev–Trinajstić information content (AvgIpc) is 3.44. The summed E-state index contributed by atoms with van der Waals surface area (Å²) in [4.78, 5) is 17.5. The lowest BCUT2D eigenvalue weighted by molar-refractivity contribution is -0.192. The zero-order chi connectivity index (χ0) is 29.8. The summed E-state index contributed by atoms with van der Waals surface area (Å²) in [6, 6.07) is 18.6. The SMILES string of the molecule is COc1cc(-c2cccc(F)c2)ccc1-c1nccc2cc(S(=O)(=O)Nc3nccs3)ccc12.O=C(O)C(F)(F)F. The third-order valence-electron chi connectivity index (χ3n) is 5.56. The maximum Gasteiger partial charge on any atom is 0.490 e. The Kier molecular flexibility index (Phi) is 8.54. The number of sulfonamides is 1. The largest absolute Gasteiger partial charge is 0.496 e. The van der Waals surface area contributed by atoms with E-state index in [-0.39, 0.29) is 10.7 Å². The van der Waals surface area contributed by atoms with Crippen molar-refractivity contribution in [2.45, 2.75) is 11.1 Å². The number of anilines is 1. The number of hydrogen-bond donors (Lipinski definition) is 2. The summed E-state index contributed by atoms with van der Waals surface area (Å²) in [5.41, 5.74) is 2.93. The molecule has 0 aliphatic rings. The standard InChI is InChI=1S/C25H18FN3O3S2.C2HF3O2/c1-32-23-15-17(16-3-2-4-19(26)13-16)5-7-22(23)24-21-8-6-20(14-18(21)9-10-27-24)34(30,31)29-25-28-11-12-33-25;3-2(4,5)1(6)7/h2-15H,1H3,(H,28,29);(H,6,7). The minimum Gasteiger partial charge on any atom is -0.496 e. The molecule has 2 heterocycles. The number of nitrogens with zero attached hydrogens (tertiary/aromatic N) is 2. The summed E-state index contributed by atoms with van der Waals surface area (Å²) in [7, 11) is -2.22. The van der Waals surface area contributed by atoms with Crippen LogP contribution < -0.4 is 9.46 Å². The van der Waals surface area contributed by atoms with Crippen LogP contribution in [0.15, 0.2) is 89.4 Å². The lowest BCUT2D eigenvalue weighted by atomic mass is 9.99. The Bertz CT molecular complexity index is 1810. The van der Waals surface area contributed by atoms with Crippen molar-refractivity contribution >= 4 is 43.2 Å². The van der Waals surface area contributed by atoms with E-state index in [0.29, 0.717) is 22.0 Å². The van der Waals surface area contributed by atoms with Crippen molar-refractivity contribution in [3.63, 3.8) is 0 Å². The molecule has 2 aromatic heterocycles. The van der Waals surface area contributed by atoms with Gasteiger partial charge in [0.2, 0.25) is 0 Å². The fraction of sp³-hybridized carbons (Fsp3) is 0.0741. The van der Waals surface area contributed by atoms with Crippen LogP contribution in [0, 0.1) is 5.82 Å². The van der Waals surface area contributed by atoms with Gasteiger partial charge in [0.25, 0.3) is 10.0 Å². The van der Waals surface area contributed by atoms with Crippen molar-refractivity contribution in [2.75, 3.05) is 11.8 Å². The van der Waals surface area contributed by atoms with Gasteiger partial charge in [0, 0.05) is 28.7 Å². The van der Waals surface area contributed by atoms with Crippen LogP contribution in [0.25, 0.3) is 33.2 Å². The minimum absolute atomic E-state index is 0.126. The molecular formula is C27H19F4N3O5S2. The Hall–Kier alpha value is -4.56. The highest BCUT2D eigenvalue weighted by atomic mass is 32.2. The molecule has 5 rings (SSSR count). The van der Waals surface area contributed by atoms with Crippen molar-refractivity contribution < 1.29 is 40.6 Å². The van der Waals surface area contributed by atoms with Crippen LogP contribution in [0.3, 0.4) is 0 Å². The number of nitrogens with one attached hydrogen (secondary N) is 1. The molecule has 0 saturated heterocycles. The van der Waals surface area contributed by atoms with Gasteiger partial charge in [0.15, 0.2) is 5.13 Å². The monoisotopic (exact) mass is 605 g/mol. The van der Waals surface area contributed by atoms with Gasteiger partial charge in [-0.15, -0.1) is 11.3 Å². The smallest absolute Gasteiger partial charge is 0.490 e. The van der Waals surface area contributed by atoms with Crippen molar-refractivity contribution in [3.05, 3.63) is 90.3 Å². The van der Waals surface area contributed by atoms with Crippen LogP contribution in [0.2, 0.25) is 0 Å². The number of carboxylic acid groups (broad SMARTS) is 1. The molecule has 212 valence electrons. The van der Waals surface area contributed by atoms with Gasteiger partial charge in [-0.3, -0.25) is 9.71 Å². The number of aromatic nitrogens is 2. The molecule has 8 nitrogen and oxygen atoms in total. The number of thiazole rings is 1. The number of carbonyl (C=O) groups is 1. The predicted octanol–water partition coefficient (Wildman–Crippen LogP) is 6.61. The Morgan fingerprint density at radius 3 is 2.34 bits per heavy atom. The van der Waals surface area contributed by atoms with E-state index in [1.807, 2.05) is 24.3 Å². The summed E-state index contributed by atoms with van der Waals surface area (Å²) in [5, 5.41) is 10.6. The molecule has 41 heavy (non-hydrogen) atoms. The number of rotatable bonds is 6. The molecule has 0 amide bonds. The zero-order valence-electron chi connectivity index (χ0n) is 20.9. The molecule has 14 heteroatoms. The molecule has 0 fully saturated rings. The molecular weight excluding hydrogens is 586 g/mol. The van der Waals surface area contributed by atoms with Crippen LogP contribution in [0.1, 0.15) is 0 Å². The number of hydrogen-bond acceptors (Lipinski definition) is 7. The maximum atomic E-state index is 13.7. The van der Waals surface area contributed by atoms with Gasteiger partial charge in [-0.2, -0.15) is 13.2 Å². The number of carboxylic acids is 1. The summed E-state index contributed by atoms with van der Waals surface area (Å²) in [6.45, 7) is 0. The molecule has 0 radical (unpaired) electrons. The zero-order valence-corrected chi connectivity index (χ0v) is 22.5. The summed E-state index contributed by atoms with van der Waals surface area (Å²) >= 11 is 1.21. The molecule has 3 aromatic carbocycles. The van der Waals surface area contributed by atoms with Crippen molar-refractivity contribution in [1.29, 1.82) is 0 Å². The van der Waals surface area contributed by atoms with E-state index in [2.05, 4.69) is 14.7 Å². The summed E-state index contributed by atoms with van der Waals surface area (Å²) < 4.78 is 79.1. The van der Waals surface area contributed by atoms with E-state index in [9.17, 15) is 26.0 Å². The van der Waals surface area contributed by atoms with E-state index in [1.165, 1.54) is 35.7 Å². The molecule has 0 unspecified atom stereocenters. The maximum absolute atomic E-state index is 13.7. The molecule has 5 aromatic rings. The Balaban J connectivity index is 0.000000493. The van der Waals surface area contributed by atoms with Gasteiger partial charge < -0.3 is 9.84 Å².